The summed E-state index contributed by atoms with van der Waals surface area (Å²) in [6, 6.07) is 36.5. The van der Waals surface area contributed by atoms with Gasteiger partial charge in [0, 0.05) is 61.4 Å². The van der Waals surface area contributed by atoms with Crippen LogP contribution in [0.4, 0.5) is 11.4 Å². The molecule has 1 atom stereocenters. The second-order valence-electron chi connectivity index (χ2n) is 11.2. The lowest BCUT2D eigenvalue weighted by atomic mass is 9.82. The maximum Gasteiger partial charge on any atom is 0.0527 e. The van der Waals surface area contributed by atoms with E-state index >= 15 is 0 Å². The Morgan fingerprint density at radius 3 is 1.86 bits per heavy atom. The Hall–Kier alpha value is -3.98. The highest BCUT2D eigenvalue weighted by Crippen LogP contribution is 2.43. The van der Waals surface area contributed by atoms with E-state index in [-0.39, 0.29) is 5.92 Å². The Labute approximate surface area is 253 Å². The van der Waals surface area contributed by atoms with Crippen molar-refractivity contribution in [3.05, 3.63) is 119 Å². The van der Waals surface area contributed by atoms with Crippen molar-refractivity contribution in [1.29, 1.82) is 0 Å². The van der Waals surface area contributed by atoms with Gasteiger partial charge in [0.15, 0.2) is 0 Å². The Balaban J connectivity index is 1.72. The number of aromatic nitrogens is 1. The third kappa shape index (κ3) is 5.70. The summed E-state index contributed by atoms with van der Waals surface area (Å²) in [7, 11) is 2.23. The molecule has 1 heterocycles. The molecule has 4 aromatic carbocycles. The summed E-state index contributed by atoms with van der Waals surface area (Å²) in [5.41, 5.74) is 12.2. The quantitative estimate of drug-likeness (QED) is 0.151. The molecule has 0 aliphatic carbocycles. The van der Waals surface area contributed by atoms with Crippen molar-refractivity contribution in [2.45, 2.75) is 53.4 Å². The van der Waals surface area contributed by atoms with Crippen LogP contribution in [0.2, 0.25) is 0 Å². The summed E-state index contributed by atoms with van der Waals surface area (Å²) in [6.45, 7) is 15.3. The summed E-state index contributed by atoms with van der Waals surface area (Å²) in [6.07, 6.45) is 1.99. The van der Waals surface area contributed by atoms with Gasteiger partial charge < -0.3 is 14.4 Å². The van der Waals surface area contributed by atoms with Crippen molar-refractivity contribution in [2.75, 3.05) is 36.0 Å². The fraction of sp³-hybridized carbons (Fsp3) is 0.333. The van der Waals surface area contributed by atoms with Crippen molar-refractivity contribution in [3.8, 4) is 11.3 Å². The molecule has 0 amide bonds. The monoisotopic (exact) mass is 557 g/mol. The fourth-order valence-corrected chi connectivity index (χ4v) is 6.76. The van der Waals surface area contributed by atoms with Gasteiger partial charge in [-0.2, -0.15) is 0 Å². The van der Waals surface area contributed by atoms with Crippen LogP contribution < -0.4 is 9.80 Å². The van der Waals surface area contributed by atoms with Crippen LogP contribution in [0.25, 0.3) is 22.2 Å². The number of rotatable bonds is 12. The standard InChI is InChI=1S/C39H47N3/c1-7-29-27-34(42(10-4)11-5)26-23-32(29)28-36(30-21-24-33(25-22-30)41(8-2)9-3)38-35-19-15-16-20-37(35)40(6)39(38)31-17-13-12-14-18-31/h12-27,36H,7-11,28H2,1-6H3. The van der Waals surface area contributed by atoms with E-state index in [0.29, 0.717) is 0 Å². The molecule has 0 saturated heterocycles. The van der Waals surface area contributed by atoms with E-state index in [1.165, 1.54) is 55.8 Å². The minimum atomic E-state index is 0.210. The summed E-state index contributed by atoms with van der Waals surface area (Å²) < 4.78 is 2.40. The van der Waals surface area contributed by atoms with Crippen LogP contribution >= 0.6 is 0 Å². The average Bonchev–Trinajstić information content (AvgIpc) is 3.34. The zero-order valence-electron chi connectivity index (χ0n) is 26.4. The molecule has 218 valence electrons. The van der Waals surface area contributed by atoms with Crippen molar-refractivity contribution < 1.29 is 0 Å². The van der Waals surface area contributed by atoms with Gasteiger partial charge in [0.05, 0.1) is 5.69 Å². The van der Waals surface area contributed by atoms with Crippen LogP contribution in [0.15, 0.2) is 97.1 Å². The van der Waals surface area contributed by atoms with E-state index in [1.807, 2.05) is 0 Å². The van der Waals surface area contributed by atoms with Gasteiger partial charge in [-0.05, 0) is 98.7 Å². The fourth-order valence-electron chi connectivity index (χ4n) is 6.76. The number of hydrogen-bond acceptors (Lipinski definition) is 2. The number of hydrogen-bond donors (Lipinski definition) is 0. The van der Waals surface area contributed by atoms with Crippen LogP contribution in [-0.4, -0.2) is 30.7 Å². The highest BCUT2D eigenvalue weighted by atomic mass is 15.1. The first-order chi connectivity index (χ1) is 20.5. The molecule has 1 aromatic heterocycles. The third-order valence-corrected chi connectivity index (χ3v) is 9.09. The molecular formula is C39H47N3. The largest absolute Gasteiger partial charge is 0.372 e. The molecule has 42 heavy (non-hydrogen) atoms. The molecule has 0 bridgehead atoms. The molecule has 5 aromatic rings. The molecule has 0 fully saturated rings. The van der Waals surface area contributed by atoms with Gasteiger partial charge in [-0.25, -0.2) is 0 Å². The van der Waals surface area contributed by atoms with Gasteiger partial charge in [0.1, 0.15) is 0 Å². The summed E-state index contributed by atoms with van der Waals surface area (Å²) in [5.74, 6) is 0.210. The highest BCUT2D eigenvalue weighted by Gasteiger charge is 2.26. The van der Waals surface area contributed by atoms with Crippen LogP contribution in [0.3, 0.4) is 0 Å². The average molecular weight is 558 g/mol. The van der Waals surface area contributed by atoms with Crippen LogP contribution in [-0.2, 0) is 19.9 Å². The van der Waals surface area contributed by atoms with Gasteiger partial charge in [0.25, 0.3) is 0 Å². The first-order valence-corrected chi connectivity index (χ1v) is 15.9. The summed E-state index contributed by atoms with van der Waals surface area (Å²) in [5, 5.41) is 1.34. The number of para-hydroxylation sites is 1. The third-order valence-electron chi connectivity index (χ3n) is 9.09. The van der Waals surface area contributed by atoms with E-state index in [0.717, 1.165) is 39.0 Å². The second kappa shape index (κ2) is 13.3. The van der Waals surface area contributed by atoms with Gasteiger partial charge in [-0.3, -0.25) is 0 Å². The summed E-state index contributed by atoms with van der Waals surface area (Å²) in [4.78, 5) is 4.87. The maximum atomic E-state index is 2.45. The first-order valence-electron chi connectivity index (χ1n) is 15.9. The first kappa shape index (κ1) is 29.5. The number of nitrogens with zero attached hydrogens (tertiary/aromatic N) is 3. The molecule has 3 nitrogen and oxygen atoms in total. The second-order valence-corrected chi connectivity index (χ2v) is 11.2. The van der Waals surface area contributed by atoms with Gasteiger partial charge in [-0.1, -0.05) is 73.7 Å². The number of anilines is 2. The normalized spacial score (nSPS) is 12.0. The Bertz CT molecular complexity index is 1590. The van der Waals surface area contributed by atoms with E-state index < -0.39 is 0 Å². The Morgan fingerprint density at radius 2 is 1.21 bits per heavy atom. The topological polar surface area (TPSA) is 11.4 Å². The number of aryl methyl sites for hydroxylation is 2. The lowest BCUT2D eigenvalue weighted by Crippen LogP contribution is -2.22. The predicted molar refractivity (Wildman–Crippen MR) is 183 cm³/mol. The van der Waals surface area contributed by atoms with Crippen LogP contribution in [0.1, 0.15) is 62.8 Å². The molecule has 0 aliphatic rings. The van der Waals surface area contributed by atoms with Crippen molar-refractivity contribution in [1.82, 2.24) is 4.57 Å². The van der Waals surface area contributed by atoms with Crippen LogP contribution in [0.5, 0.6) is 0 Å². The molecule has 1 unspecified atom stereocenters. The van der Waals surface area contributed by atoms with Crippen molar-refractivity contribution in [3.63, 3.8) is 0 Å². The number of fused-ring (bicyclic) bond motifs is 1. The lowest BCUT2D eigenvalue weighted by Gasteiger charge is -2.26. The number of benzene rings is 4. The summed E-state index contributed by atoms with van der Waals surface area (Å²) >= 11 is 0. The molecule has 0 aliphatic heterocycles. The van der Waals surface area contributed by atoms with Crippen LogP contribution in [0, 0.1) is 0 Å². The van der Waals surface area contributed by atoms with Gasteiger partial charge in [0.2, 0.25) is 0 Å². The predicted octanol–water partition coefficient (Wildman–Crippen LogP) is 9.47. The van der Waals surface area contributed by atoms with E-state index in [1.54, 1.807) is 0 Å². The molecule has 5 rings (SSSR count). The lowest BCUT2D eigenvalue weighted by molar-refractivity contribution is 0.793. The minimum absolute atomic E-state index is 0.210. The SMILES string of the molecule is CCc1cc(N(CC)CC)ccc1CC(c1ccc(N(CC)CC)cc1)c1c(-c2ccccc2)n(C)c2ccccc12. The molecule has 3 heteroatoms. The zero-order valence-corrected chi connectivity index (χ0v) is 26.4. The smallest absolute Gasteiger partial charge is 0.0527 e. The van der Waals surface area contributed by atoms with Crippen molar-refractivity contribution in [2.24, 2.45) is 7.05 Å². The van der Waals surface area contributed by atoms with E-state index in [2.05, 4.69) is 153 Å². The molecule has 0 saturated carbocycles. The van der Waals surface area contributed by atoms with Gasteiger partial charge in [-0.15, -0.1) is 0 Å². The molecule has 0 N–H and O–H groups in total. The minimum Gasteiger partial charge on any atom is -0.372 e. The van der Waals surface area contributed by atoms with Gasteiger partial charge >= 0.3 is 0 Å². The molecule has 0 radical (unpaired) electrons. The molecular weight excluding hydrogens is 510 g/mol. The Morgan fingerprint density at radius 1 is 0.619 bits per heavy atom. The maximum absolute atomic E-state index is 2.45. The van der Waals surface area contributed by atoms with E-state index in [4.69, 9.17) is 0 Å². The Kier molecular flexibility index (Phi) is 9.37. The zero-order chi connectivity index (χ0) is 29.6. The molecule has 0 spiro atoms. The highest BCUT2D eigenvalue weighted by molar-refractivity contribution is 5.93. The van der Waals surface area contributed by atoms with Crippen molar-refractivity contribution >= 4 is 22.3 Å². The van der Waals surface area contributed by atoms with E-state index in [9.17, 15) is 0 Å².